The number of aromatic nitrogens is 2. The standard InChI is InChI=1S/C14H14ClN3OS/c1-2-4-10-14(20-18-17-10)12(16)11-7-8-5-3-6-9(15)13(8)19-11/h3,5-7,12H,2,4,16H2,1H3. The van der Waals surface area contributed by atoms with E-state index in [4.69, 9.17) is 21.8 Å². The molecule has 1 atom stereocenters. The molecule has 6 heteroatoms. The molecule has 3 aromatic rings. The van der Waals surface area contributed by atoms with Crippen LogP contribution in [0.2, 0.25) is 5.02 Å². The first-order valence-electron chi connectivity index (χ1n) is 6.45. The quantitative estimate of drug-likeness (QED) is 0.793. The van der Waals surface area contributed by atoms with Gasteiger partial charge >= 0.3 is 0 Å². The Hall–Kier alpha value is -1.43. The minimum absolute atomic E-state index is 0.347. The first-order chi connectivity index (χ1) is 9.70. The molecule has 0 aliphatic carbocycles. The highest BCUT2D eigenvalue weighted by Crippen LogP contribution is 2.32. The van der Waals surface area contributed by atoms with E-state index in [-0.39, 0.29) is 6.04 Å². The average Bonchev–Trinajstić information content (AvgIpc) is 3.05. The van der Waals surface area contributed by atoms with Crippen LogP contribution in [0.25, 0.3) is 11.0 Å². The Kier molecular flexibility index (Phi) is 3.74. The van der Waals surface area contributed by atoms with Gasteiger partial charge in [0.25, 0.3) is 0 Å². The van der Waals surface area contributed by atoms with Crippen LogP contribution in [-0.4, -0.2) is 9.59 Å². The summed E-state index contributed by atoms with van der Waals surface area (Å²) >= 11 is 7.45. The SMILES string of the molecule is CCCc1nnsc1C(N)c1cc2cccc(Cl)c2o1. The molecule has 1 unspecified atom stereocenters. The van der Waals surface area contributed by atoms with Crippen molar-refractivity contribution in [3.63, 3.8) is 0 Å². The minimum atomic E-state index is -0.347. The summed E-state index contributed by atoms with van der Waals surface area (Å²) < 4.78 is 9.81. The molecule has 2 N–H and O–H groups in total. The summed E-state index contributed by atoms with van der Waals surface area (Å²) in [6.45, 7) is 2.11. The van der Waals surface area contributed by atoms with Gasteiger partial charge in [0.2, 0.25) is 0 Å². The van der Waals surface area contributed by atoms with Crippen molar-refractivity contribution < 1.29 is 4.42 Å². The molecule has 0 radical (unpaired) electrons. The van der Waals surface area contributed by atoms with E-state index >= 15 is 0 Å². The van der Waals surface area contributed by atoms with Crippen molar-refractivity contribution in [3.8, 4) is 0 Å². The van der Waals surface area contributed by atoms with Crippen LogP contribution in [0.5, 0.6) is 0 Å². The summed E-state index contributed by atoms with van der Waals surface area (Å²) in [4.78, 5) is 0.960. The monoisotopic (exact) mass is 307 g/mol. The Labute approximate surface area is 125 Å². The minimum Gasteiger partial charge on any atom is -0.457 e. The van der Waals surface area contributed by atoms with Crippen molar-refractivity contribution in [2.75, 3.05) is 0 Å². The smallest absolute Gasteiger partial charge is 0.152 e. The molecule has 2 aromatic heterocycles. The van der Waals surface area contributed by atoms with E-state index in [1.54, 1.807) is 6.07 Å². The summed E-state index contributed by atoms with van der Waals surface area (Å²) in [5.74, 6) is 0.691. The Morgan fingerprint density at radius 1 is 1.45 bits per heavy atom. The molecule has 2 heterocycles. The molecule has 0 saturated heterocycles. The third kappa shape index (κ3) is 2.32. The molecule has 20 heavy (non-hydrogen) atoms. The zero-order valence-corrected chi connectivity index (χ0v) is 12.5. The van der Waals surface area contributed by atoms with E-state index in [1.165, 1.54) is 11.5 Å². The molecule has 0 aliphatic rings. The number of para-hydroxylation sites is 1. The number of benzene rings is 1. The predicted octanol–water partition coefficient (Wildman–Crippen LogP) is 3.94. The number of aryl methyl sites for hydroxylation is 1. The Balaban J connectivity index is 2.01. The van der Waals surface area contributed by atoms with Gasteiger partial charge in [-0.25, -0.2) is 0 Å². The van der Waals surface area contributed by atoms with Gasteiger partial charge in [-0.1, -0.05) is 41.6 Å². The molecule has 0 bridgehead atoms. The average molecular weight is 308 g/mol. The van der Waals surface area contributed by atoms with Crippen LogP contribution in [0.4, 0.5) is 0 Å². The second-order valence-corrected chi connectivity index (χ2v) is 5.81. The van der Waals surface area contributed by atoms with Crippen LogP contribution in [0.1, 0.15) is 35.7 Å². The largest absolute Gasteiger partial charge is 0.457 e. The van der Waals surface area contributed by atoms with Gasteiger partial charge in [-0.2, -0.15) is 0 Å². The number of furan rings is 1. The first kappa shape index (κ1) is 13.5. The molecular formula is C14H14ClN3OS. The molecular weight excluding hydrogens is 294 g/mol. The third-order valence-electron chi connectivity index (χ3n) is 3.18. The lowest BCUT2D eigenvalue weighted by Crippen LogP contribution is -2.11. The van der Waals surface area contributed by atoms with Gasteiger partial charge in [0.1, 0.15) is 11.8 Å². The molecule has 0 aliphatic heterocycles. The number of fused-ring (bicyclic) bond motifs is 1. The van der Waals surface area contributed by atoms with E-state index in [1.807, 2.05) is 18.2 Å². The Morgan fingerprint density at radius 3 is 3.05 bits per heavy atom. The highest BCUT2D eigenvalue weighted by molar-refractivity contribution is 7.05. The zero-order chi connectivity index (χ0) is 14.1. The molecule has 0 spiro atoms. The fourth-order valence-corrected chi connectivity index (χ4v) is 3.12. The first-order valence-corrected chi connectivity index (χ1v) is 7.60. The van der Waals surface area contributed by atoms with Crippen LogP contribution in [0.3, 0.4) is 0 Å². The molecule has 0 fully saturated rings. The van der Waals surface area contributed by atoms with Gasteiger partial charge in [-0.05, 0) is 30.1 Å². The normalized spacial score (nSPS) is 12.9. The van der Waals surface area contributed by atoms with Crippen molar-refractivity contribution in [3.05, 3.63) is 45.6 Å². The Bertz CT molecular complexity index is 737. The number of nitrogens with two attached hydrogens (primary N) is 1. The maximum atomic E-state index is 6.30. The van der Waals surface area contributed by atoms with E-state index in [9.17, 15) is 0 Å². The summed E-state index contributed by atoms with van der Waals surface area (Å²) in [5.41, 5.74) is 7.93. The van der Waals surface area contributed by atoms with Gasteiger partial charge in [-0.3, -0.25) is 0 Å². The lowest BCUT2D eigenvalue weighted by atomic mass is 10.1. The Morgan fingerprint density at radius 2 is 2.30 bits per heavy atom. The number of nitrogens with zero attached hydrogens (tertiary/aromatic N) is 2. The van der Waals surface area contributed by atoms with E-state index < -0.39 is 0 Å². The lowest BCUT2D eigenvalue weighted by Gasteiger charge is -2.06. The number of hydrogen-bond donors (Lipinski definition) is 1. The van der Waals surface area contributed by atoms with Gasteiger partial charge in [-0.15, -0.1) is 5.10 Å². The molecule has 4 nitrogen and oxygen atoms in total. The molecule has 1 aromatic carbocycles. The lowest BCUT2D eigenvalue weighted by molar-refractivity contribution is 0.526. The van der Waals surface area contributed by atoms with Crippen molar-refractivity contribution in [2.45, 2.75) is 25.8 Å². The molecule has 104 valence electrons. The van der Waals surface area contributed by atoms with Gasteiger partial charge in [0.15, 0.2) is 5.58 Å². The molecule has 0 amide bonds. The second-order valence-electron chi connectivity index (χ2n) is 4.62. The van der Waals surface area contributed by atoms with E-state index in [0.717, 1.165) is 28.8 Å². The van der Waals surface area contributed by atoms with Crippen molar-refractivity contribution in [2.24, 2.45) is 5.73 Å². The van der Waals surface area contributed by atoms with E-state index in [0.29, 0.717) is 16.4 Å². The van der Waals surface area contributed by atoms with Crippen LogP contribution in [-0.2, 0) is 6.42 Å². The van der Waals surface area contributed by atoms with Crippen LogP contribution in [0.15, 0.2) is 28.7 Å². The fraction of sp³-hybridized carbons (Fsp3) is 0.286. The van der Waals surface area contributed by atoms with Crippen LogP contribution < -0.4 is 5.73 Å². The number of halogens is 1. The maximum Gasteiger partial charge on any atom is 0.152 e. The highest BCUT2D eigenvalue weighted by atomic mass is 35.5. The summed E-state index contributed by atoms with van der Waals surface area (Å²) in [6.07, 6.45) is 1.89. The summed E-state index contributed by atoms with van der Waals surface area (Å²) in [7, 11) is 0. The van der Waals surface area contributed by atoms with Gasteiger partial charge in [0.05, 0.1) is 15.6 Å². The van der Waals surface area contributed by atoms with Crippen molar-refractivity contribution in [1.29, 1.82) is 0 Å². The van der Waals surface area contributed by atoms with E-state index in [2.05, 4.69) is 16.5 Å². The fourth-order valence-electron chi connectivity index (χ4n) is 2.19. The maximum absolute atomic E-state index is 6.30. The highest BCUT2D eigenvalue weighted by Gasteiger charge is 2.21. The zero-order valence-electron chi connectivity index (χ0n) is 11.0. The molecule has 0 saturated carbocycles. The number of rotatable bonds is 4. The third-order valence-corrected chi connectivity index (χ3v) is 4.32. The number of hydrogen-bond acceptors (Lipinski definition) is 5. The predicted molar refractivity (Wildman–Crippen MR) is 81.2 cm³/mol. The van der Waals surface area contributed by atoms with Gasteiger partial charge in [0, 0.05) is 5.39 Å². The van der Waals surface area contributed by atoms with Crippen LogP contribution >= 0.6 is 23.1 Å². The van der Waals surface area contributed by atoms with Crippen molar-refractivity contribution in [1.82, 2.24) is 9.59 Å². The molecule has 3 rings (SSSR count). The van der Waals surface area contributed by atoms with Crippen LogP contribution in [0, 0.1) is 0 Å². The second kappa shape index (κ2) is 5.52. The van der Waals surface area contributed by atoms with Gasteiger partial charge < -0.3 is 10.2 Å². The topological polar surface area (TPSA) is 64.9 Å². The summed E-state index contributed by atoms with van der Waals surface area (Å²) in [6, 6.07) is 7.24. The summed E-state index contributed by atoms with van der Waals surface area (Å²) in [5, 5.41) is 5.70. The van der Waals surface area contributed by atoms with Crippen molar-refractivity contribution >= 4 is 34.1 Å².